The van der Waals surface area contributed by atoms with Crippen LogP contribution in [0.1, 0.15) is 38.4 Å². The SMILES string of the molecule is CCc1cnc2cnc(Nc3ccc(P4(=O)CCCC(C5=CC=CC6Nc7nc(=Nc8ccc(P(C)(=N)CC)cc8OC)ncn7C56)C4)cc3OC)cn12. The summed E-state index contributed by atoms with van der Waals surface area (Å²) in [6.07, 6.45) is 18.5. The highest BCUT2D eigenvalue weighted by Crippen LogP contribution is 2.55. The fourth-order valence-electron chi connectivity index (χ4n) is 7.83. The number of aryl methyl sites for hydroxylation is 1. The number of aromatic nitrogens is 6. The molecule has 0 spiro atoms. The molecule has 1 aliphatic carbocycles. The van der Waals surface area contributed by atoms with E-state index in [4.69, 9.17) is 24.6 Å². The van der Waals surface area contributed by atoms with Gasteiger partial charge >= 0.3 is 0 Å². The molecule has 0 radical (unpaired) electrons. The number of imidazole rings is 1. The van der Waals surface area contributed by atoms with Crippen molar-refractivity contribution >= 4 is 53.6 Å². The van der Waals surface area contributed by atoms with Crippen LogP contribution in [-0.2, 0) is 11.0 Å². The molecular weight excluding hydrogens is 718 g/mol. The number of hydrogen-bond acceptors (Lipinski definition) is 11. The first-order valence-corrected chi connectivity index (χ1v) is 22.9. The van der Waals surface area contributed by atoms with E-state index in [1.807, 2.05) is 59.9 Å². The van der Waals surface area contributed by atoms with Crippen molar-refractivity contribution in [2.75, 3.05) is 50.0 Å². The highest BCUT2D eigenvalue weighted by Gasteiger charge is 2.42. The van der Waals surface area contributed by atoms with Gasteiger partial charge in [-0.3, -0.25) is 8.97 Å². The van der Waals surface area contributed by atoms with Crippen molar-refractivity contribution < 1.29 is 14.0 Å². The molecule has 5 atom stereocenters. The maximum atomic E-state index is 14.9. The van der Waals surface area contributed by atoms with Gasteiger partial charge < -0.3 is 29.8 Å². The van der Waals surface area contributed by atoms with Gasteiger partial charge in [-0.1, -0.05) is 38.1 Å². The second-order valence-electron chi connectivity index (χ2n) is 14.3. The summed E-state index contributed by atoms with van der Waals surface area (Å²) in [6.45, 7) is 6.16. The molecular formula is C39H46N10O3P2. The Balaban J connectivity index is 1.03. The van der Waals surface area contributed by atoms with E-state index in [1.165, 1.54) is 5.57 Å². The molecule has 3 aromatic heterocycles. The zero-order valence-electron chi connectivity index (χ0n) is 31.2. The number of nitrogens with one attached hydrogen (secondary N) is 3. The number of ether oxygens (including phenoxy) is 2. The van der Waals surface area contributed by atoms with Crippen molar-refractivity contribution in [2.24, 2.45) is 10.9 Å². The number of rotatable bonds is 10. The predicted octanol–water partition coefficient (Wildman–Crippen LogP) is 6.86. The standard InChI is InChI=1S/C39H46N10O3P2/c1-6-26-20-42-36-21-41-35(22-48(26)36)44-30-16-14-28(19-34(30)52-4)54(50)17-9-10-25(23-54)29-11-8-12-32-37(29)49-24-43-38(47-39(49)46-32)45-31-15-13-27(18-33(31)51-3)53(5,40)7-2/h8,11-16,18-22,24-25,32,37,40,44H,6-7,9-10,17,23H2,1-5H3,(H,45,46,47). The molecule has 5 aromatic rings. The van der Waals surface area contributed by atoms with Crippen LogP contribution in [-0.4, -0.2) is 74.3 Å². The third-order valence-corrected chi connectivity index (χ3v) is 17.0. The molecule has 5 unspecified atom stereocenters. The van der Waals surface area contributed by atoms with Crippen molar-refractivity contribution in [3.8, 4) is 11.5 Å². The second-order valence-corrected chi connectivity index (χ2v) is 20.9. The lowest BCUT2D eigenvalue weighted by Crippen LogP contribution is -2.31. The molecule has 0 amide bonds. The van der Waals surface area contributed by atoms with Crippen LogP contribution in [0.4, 0.5) is 23.1 Å². The molecule has 0 saturated carbocycles. The minimum absolute atomic E-state index is 0.00793. The van der Waals surface area contributed by atoms with Crippen molar-refractivity contribution in [1.29, 1.82) is 5.16 Å². The molecule has 2 aliphatic heterocycles. The van der Waals surface area contributed by atoms with Gasteiger partial charge in [0.1, 0.15) is 36.5 Å². The number of hydrogen-bond donors (Lipinski definition) is 3. The first-order valence-electron chi connectivity index (χ1n) is 18.4. The Kier molecular flexibility index (Phi) is 9.56. The second kappa shape index (κ2) is 14.3. The molecule has 280 valence electrons. The van der Waals surface area contributed by atoms with Crippen LogP contribution in [0.2, 0.25) is 0 Å². The van der Waals surface area contributed by atoms with Crippen molar-refractivity contribution in [3.63, 3.8) is 0 Å². The Bertz CT molecular complexity index is 2490. The molecule has 1 fully saturated rings. The normalized spacial score (nSPS) is 23.2. The molecule has 5 heterocycles. The summed E-state index contributed by atoms with van der Waals surface area (Å²) in [5.74, 6) is 2.71. The zero-order chi connectivity index (χ0) is 37.6. The molecule has 8 rings (SSSR count). The van der Waals surface area contributed by atoms with Crippen LogP contribution < -0.4 is 36.3 Å². The highest BCUT2D eigenvalue weighted by atomic mass is 31.2. The van der Waals surface area contributed by atoms with Gasteiger partial charge in [-0.15, -0.1) is 0 Å². The number of allylic oxidation sites excluding steroid dienone is 2. The maximum absolute atomic E-state index is 14.9. The van der Waals surface area contributed by atoms with Gasteiger partial charge in [0.15, 0.2) is 5.65 Å². The summed E-state index contributed by atoms with van der Waals surface area (Å²) in [7, 11) is -1.47. The van der Waals surface area contributed by atoms with E-state index in [-0.39, 0.29) is 18.0 Å². The van der Waals surface area contributed by atoms with Crippen LogP contribution in [0.3, 0.4) is 0 Å². The molecule has 3 aliphatic rings. The quantitative estimate of drug-likeness (QED) is 0.129. The molecule has 13 nitrogen and oxygen atoms in total. The van der Waals surface area contributed by atoms with Gasteiger partial charge in [-0.25, -0.2) is 19.9 Å². The van der Waals surface area contributed by atoms with E-state index in [0.717, 1.165) is 53.1 Å². The van der Waals surface area contributed by atoms with Gasteiger partial charge in [0, 0.05) is 29.5 Å². The molecule has 15 heteroatoms. The average molecular weight is 765 g/mol. The third kappa shape index (κ3) is 6.58. The predicted molar refractivity (Wildman–Crippen MR) is 216 cm³/mol. The van der Waals surface area contributed by atoms with E-state index in [9.17, 15) is 4.57 Å². The fraction of sp³-hybridized carbons (Fsp3) is 0.359. The average Bonchev–Trinajstić information content (AvgIpc) is 3.78. The fourth-order valence-corrected chi connectivity index (χ4v) is 12.2. The van der Waals surface area contributed by atoms with Gasteiger partial charge in [-0.2, -0.15) is 4.98 Å². The van der Waals surface area contributed by atoms with E-state index >= 15 is 0 Å². The molecule has 54 heavy (non-hydrogen) atoms. The summed E-state index contributed by atoms with van der Waals surface area (Å²) in [5, 5.41) is 17.5. The first-order chi connectivity index (χ1) is 26.1. The molecule has 2 aromatic carbocycles. The number of benzene rings is 2. The Morgan fingerprint density at radius 1 is 1.09 bits per heavy atom. The first kappa shape index (κ1) is 36.0. The molecule has 0 bridgehead atoms. The van der Waals surface area contributed by atoms with E-state index in [2.05, 4.69) is 62.2 Å². The van der Waals surface area contributed by atoms with Crippen molar-refractivity contribution in [2.45, 2.75) is 45.2 Å². The minimum atomic E-state index is -2.76. The summed E-state index contributed by atoms with van der Waals surface area (Å²) >= 11 is 0. The third-order valence-electron chi connectivity index (χ3n) is 11.0. The summed E-state index contributed by atoms with van der Waals surface area (Å²) in [5.41, 5.74) is 4.84. The Hall–Kier alpha value is -4.99. The zero-order valence-corrected chi connectivity index (χ0v) is 33.0. The Morgan fingerprint density at radius 3 is 2.74 bits per heavy atom. The lowest BCUT2D eigenvalue weighted by molar-refractivity contribution is 0.416. The van der Waals surface area contributed by atoms with E-state index in [1.54, 1.807) is 26.7 Å². The van der Waals surface area contributed by atoms with Crippen LogP contribution in [0.15, 0.2) is 90.1 Å². The lowest BCUT2D eigenvalue weighted by atomic mass is 9.84. The highest BCUT2D eigenvalue weighted by molar-refractivity contribution is 7.72. The number of fused-ring (bicyclic) bond motifs is 4. The number of anilines is 3. The number of methoxy groups -OCH3 is 2. The largest absolute Gasteiger partial charge is 0.495 e. The van der Waals surface area contributed by atoms with Gasteiger partial charge in [0.05, 0.1) is 44.4 Å². The van der Waals surface area contributed by atoms with Gasteiger partial charge in [0.25, 0.3) is 5.62 Å². The number of nitrogens with zero attached hydrogens (tertiary/aromatic N) is 7. The van der Waals surface area contributed by atoms with Crippen LogP contribution in [0.25, 0.3) is 5.65 Å². The van der Waals surface area contributed by atoms with Crippen molar-refractivity contribution in [1.82, 2.24) is 28.9 Å². The van der Waals surface area contributed by atoms with Crippen LogP contribution >= 0.6 is 14.2 Å². The molecule has 3 N–H and O–H groups in total. The minimum Gasteiger partial charge on any atom is -0.495 e. The van der Waals surface area contributed by atoms with Crippen LogP contribution in [0, 0.1) is 11.1 Å². The monoisotopic (exact) mass is 764 g/mol. The van der Waals surface area contributed by atoms with Gasteiger partial charge in [0.2, 0.25) is 5.95 Å². The van der Waals surface area contributed by atoms with Crippen molar-refractivity contribution in [3.05, 3.63) is 96.4 Å². The maximum Gasteiger partial charge on any atom is 0.254 e. The molecule has 1 saturated heterocycles. The Morgan fingerprint density at radius 2 is 1.94 bits per heavy atom. The van der Waals surface area contributed by atoms with Gasteiger partial charge in [-0.05, 0) is 86.3 Å². The summed E-state index contributed by atoms with van der Waals surface area (Å²) in [4.78, 5) is 23.2. The summed E-state index contributed by atoms with van der Waals surface area (Å²) < 4.78 is 30.5. The smallest absolute Gasteiger partial charge is 0.254 e. The van der Waals surface area contributed by atoms with Crippen LogP contribution in [0.5, 0.6) is 11.5 Å². The Labute approximate surface area is 314 Å². The van der Waals surface area contributed by atoms with E-state index < -0.39 is 14.2 Å². The summed E-state index contributed by atoms with van der Waals surface area (Å²) in [6, 6.07) is 11.6. The topological polar surface area (TPSA) is 157 Å². The lowest BCUT2D eigenvalue weighted by Gasteiger charge is -2.36. The van der Waals surface area contributed by atoms with E-state index in [0.29, 0.717) is 46.9 Å².